The van der Waals surface area contributed by atoms with Crippen LogP contribution in [0.2, 0.25) is 0 Å². The average molecular weight is 959 g/mol. The van der Waals surface area contributed by atoms with Crippen molar-refractivity contribution in [3.05, 3.63) is 87.9 Å². The Labute approximate surface area is 390 Å². The van der Waals surface area contributed by atoms with Crippen LogP contribution >= 0.6 is 0 Å². The van der Waals surface area contributed by atoms with E-state index in [9.17, 15) is 33.2 Å². The average Bonchev–Trinajstić information content (AvgIpc) is 3.86. The Morgan fingerprint density at radius 3 is 2.54 bits per heavy atom. The minimum Gasteiger partial charge on any atom is -0.453 e. The van der Waals surface area contributed by atoms with Crippen LogP contribution in [0.5, 0.6) is 11.5 Å². The van der Waals surface area contributed by atoms with E-state index >= 15 is 13.2 Å². The lowest BCUT2D eigenvalue weighted by Crippen LogP contribution is -2.52. The fraction of sp³-hybridized carbons (Fsp3) is 0.489. The minimum atomic E-state index is -4.04. The highest BCUT2D eigenvalue weighted by molar-refractivity contribution is 7.90. The maximum atomic E-state index is 16.0. The van der Waals surface area contributed by atoms with Gasteiger partial charge in [0.1, 0.15) is 23.6 Å². The summed E-state index contributed by atoms with van der Waals surface area (Å²) in [7, 11) is -0.973. The van der Waals surface area contributed by atoms with E-state index in [1.165, 1.54) is 30.4 Å². The summed E-state index contributed by atoms with van der Waals surface area (Å²) >= 11 is 0. The quantitative estimate of drug-likeness (QED) is 0.151. The maximum absolute atomic E-state index is 16.0. The number of likely N-dealkylation sites (tertiary alicyclic amines) is 2. The highest BCUT2D eigenvalue weighted by atomic mass is 32.2. The number of amides is 2. The number of hydrogen-bond donors (Lipinski definition) is 3. The molecule has 4 aliphatic rings. The Kier molecular flexibility index (Phi) is 12.5. The molecule has 4 fully saturated rings. The van der Waals surface area contributed by atoms with Crippen molar-refractivity contribution < 1.29 is 41.0 Å². The predicted octanol–water partition coefficient (Wildman–Crippen LogP) is 5.47. The van der Waals surface area contributed by atoms with E-state index < -0.39 is 52.3 Å². The monoisotopic (exact) mass is 958 g/mol. The topological polar surface area (TPSA) is 208 Å². The number of aromatic nitrogens is 4. The van der Waals surface area contributed by atoms with E-state index in [4.69, 9.17) is 4.74 Å². The number of piperidine rings is 3. The van der Waals surface area contributed by atoms with Gasteiger partial charge in [0, 0.05) is 45.2 Å². The van der Waals surface area contributed by atoms with Crippen LogP contribution in [0, 0.1) is 22.6 Å². The number of aryl methyl sites for hydroxylation is 1. The van der Waals surface area contributed by atoms with Gasteiger partial charge >= 0.3 is 10.2 Å². The maximum Gasteiger partial charge on any atom is 0.301 e. The molecule has 17 nitrogen and oxygen atoms in total. The fourth-order valence-corrected chi connectivity index (χ4v) is 11.5. The number of rotatable bonds is 11. The lowest BCUT2D eigenvalue weighted by Gasteiger charge is -2.42. The molecule has 3 saturated heterocycles. The molecule has 68 heavy (non-hydrogen) atoms. The standard InChI is InChI=1S/C47H53F3N10O7S/c1-4-56(2)68(65,66)55-38-11-9-36(48)43(34(38)24-51)67-30-6-10-37-33(22-30)45(64)60(27-52-37)29-13-15-46(23-29)16-19-59(20-17-46)41(62)25-58-18-14-35(47(49,50)26-58)28-5-7-31-39(21-28)57(3)54-42(31)32-8-12-40(61)53-44(32)63/h5-7,9-11,21-22,27,29,32,35,40,55,61H,4,8,12-20,23,25-26H2,1-3H3,(H,53,63)/t29-,32?,35?,40?/m0/s1. The Morgan fingerprint density at radius 2 is 1.82 bits per heavy atom. The number of ether oxygens (including phenoxy) is 1. The third-order valence-electron chi connectivity index (χ3n) is 14.6. The molecule has 21 heteroatoms. The third-order valence-corrected chi connectivity index (χ3v) is 16.1. The summed E-state index contributed by atoms with van der Waals surface area (Å²) in [5, 5.41) is 27.8. The fourth-order valence-electron chi connectivity index (χ4n) is 10.6. The van der Waals surface area contributed by atoms with Gasteiger partial charge in [-0.05, 0) is 105 Å². The van der Waals surface area contributed by atoms with Crippen molar-refractivity contribution in [2.75, 3.05) is 51.0 Å². The first-order valence-electron chi connectivity index (χ1n) is 22.9. The van der Waals surface area contributed by atoms with Gasteiger partial charge in [-0.15, -0.1) is 0 Å². The van der Waals surface area contributed by atoms with Crippen LogP contribution in [0.3, 0.4) is 0 Å². The van der Waals surface area contributed by atoms with Crippen molar-refractivity contribution in [1.82, 2.24) is 38.8 Å². The van der Waals surface area contributed by atoms with Gasteiger partial charge in [-0.2, -0.15) is 23.1 Å². The Bertz CT molecular complexity index is 3020. The number of nitrogens with one attached hydrogen (secondary N) is 2. The van der Waals surface area contributed by atoms with Crippen LogP contribution in [-0.2, 0) is 26.8 Å². The molecule has 0 bridgehead atoms. The van der Waals surface area contributed by atoms with Crippen LogP contribution in [-0.4, -0.2) is 117 Å². The van der Waals surface area contributed by atoms with Crippen molar-refractivity contribution in [2.45, 2.75) is 88.3 Å². The lowest BCUT2D eigenvalue weighted by molar-refractivity contribution is -0.138. The van der Waals surface area contributed by atoms with Crippen molar-refractivity contribution in [1.29, 1.82) is 5.26 Å². The SMILES string of the molecule is CCN(C)S(=O)(=O)Nc1ccc(F)c(Oc2ccc3ncn([C@H]4CCC5(CCN(C(=O)CN6CCC(c7ccc8c(C9CCC(O)NC9=O)nn(C)c8c7)C(F)(F)C6)CC5)C4)c(=O)c3c2)c1C#N. The van der Waals surface area contributed by atoms with E-state index in [1.54, 1.807) is 52.4 Å². The smallest absolute Gasteiger partial charge is 0.301 e. The predicted molar refractivity (Wildman–Crippen MR) is 245 cm³/mol. The molecule has 2 amide bonds. The summed E-state index contributed by atoms with van der Waals surface area (Å²) < 4.78 is 84.8. The number of carbonyl (C=O) groups excluding carboxylic acids is 2. The number of fused-ring (bicyclic) bond motifs is 2. The molecule has 0 radical (unpaired) electrons. The van der Waals surface area contributed by atoms with Crippen LogP contribution in [0.4, 0.5) is 18.9 Å². The van der Waals surface area contributed by atoms with E-state index in [0.717, 1.165) is 22.9 Å². The molecular weight excluding hydrogens is 906 g/mol. The van der Waals surface area contributed by atoms with E-state index in [2.05, 4.69) is 20.1 Å². The van der Waals surface area contributed by atoms with Gasteiger partial charge in [-0.1, -0.05) is 19.1 Å². The molecule has 1 saturated carbocycles. The second kappa shape index (κ2) is 18.1. The summed E-state index contributed by atoms with van der Waals surface area (Å²) in [6, 6.07) is 13.4. The molecule has 5 aromatic rings. The number of halogens is 3. The minimum absolute atomic E-state index is 0.0383. The molecule has 3 aromatic carbocycles. The first-order valence-corrected chi connectivity index (χ1v) is 24.3. The van der Waals surface area contributed by atoms with Gasteiger partial charge in [-0.25, -0.2) is 18.2 Å². The summed E-state index contributed by atoms with van der Waals surface area (Å²) in [4.78, 5) is 48.1. The van der Waals surface area contributed by atoms with Gasteiger partial charge in [0.2, 0.25) is 11.8 Å². The summed E-state index contributed by atoms with van der Waals surface area (Å²) in [6.07, 6.45) is 5.19. The first-order chi connectivity index (χ1) is 32.4. The van der Waals surface area contributed by atoms with E-state index in [-0.39, 0.29) is 70.7 Å². The number of nitrogens with zero attached hydrogens (tertiary/aromatic N) is 8. The molecule has 360 valence electrons. The zero-order valence-corrected chi connectivity index (χ0v) is 38.7. The van der Waals surface area contributed by atoms with Crippen LogP contribution in [0.1, 0.15) is 93.0 Å². The normalized spacial score (nSPS) is 23.0. The molecule has 9 rings (SSSR count). The number of anilines is 1. The molecule has 3 unspecified atom stereocenters. The number of carbonyl (C=O) groups is 2. The summed E-state index contributed by atoms with van der Waals surface area (Å²) in [5.74, 6) is -6.61. The number of aliphatic hydroxyl groups is 1. The Morgan fingerprint density at radius 1 is 1.04 bits per heavy atom. The van der Waals surface area contributed by atoms with Crippen LogP contribution in [0.15, 0.2) is 59.7 Å². The van der Waals surface area contributed by atoms with Crippen molar-refractivity contribution in [2.24, 2.45) is 12.5 Å². The largest absolute Gasteiger partial charge is 0.453 e. The zero-order valence-electron chi connectivity index (χ0n) is 37.9. The lowest BCUT2D eigenvalue weighted by atomic mass is 9.77. The second-order valence-corrected chi connectivity index (χ2v) is 20.5. The van der Waals surface area contributed by atoms with E-state index in [1.807, 2.05) is 6.07 Å². The molecular formula is C47H53F3N10O7S. The summed E-state index contributed by atoms with van der Waals surface area (Å²) in [6.45, 7) is 2.37. The summed E-state index contributed by atoms with van der Waals surface area (Å²) in [5.41, 5.74) is 1.03. The van der Waals surface area contributed by atoms with Crippen molar-refractivity contribution in [3.63, 3.8) is 0 Å². The van der Waals surface area contributed by atoms with Crippen molar-refractivity contribution in [3.8, 4) is 17.6 Å². The Balaban J connectivity index is 0.813. The van der Waals surface area contributed by atoms with Gasteiger partial charge in [-0.3, -0.25) is 33.3 Å². The Hall–Kier alpha value is -6.08. The molecule has 1 spiro atoms. The number of benzene rings is 3. The number of aliphatic hydroxyl groups excluding tert-OH is 1. The van der Waals surface area contributed by atoms with Crippen LogP contribution < -0.4 is 20.3 Å². The van der Waals surface area contributed by atoms with Gasteiger partial charge < -0.3 is 20.1 Å². The highest BCUT2D eigenvalue weighted by Gasteiger charge is 2.47. The van der Waals surface area contributed by atoms with Gasteiger partial charge in [0.25, 0.3) is 11.5 Å². The van der Waals surface area contributed by atoms with Crippen LogP contribution in [0.25, 0.3) is 21.8 Å². The van der Waals surface area contributed by atoms with Gasteiger partial charge in [0.15, 0.2) is 11.6 Å². The molecule has 3 aliphatic heterocycles. The van der Waals surface area contributed by atoms with E-state index in [0.29, 0.717) is 85.8 Å². The number of alkyl halides is 2. The first kappa shape index (κ1) is 47.0. The molecule has 5 heterocycles. The highest BCUT2D eigenvalue weighted by Crippen LogP contribution is 2.50. The zero-order chi connectivity index (χ0) is 48.3. The van der Waals surface area contributed by atoms with Crippen molar-refractivity contribution >= 4 is 49.5 Å². The molecule has 1 aliphatic carbocycles. The molecule has 3 N–H and O–H groups in total. The molecule has 2 aromatic heterocycles. The number of nitriles is 1. The third kappa shape index (κ3) is 8.90. The van der Waals surface area contributed by atoms with Gasteiger partial charge in [0.05, 0.1) is 59.1 Å². The number of hydrogen-bond acceptors (Lipinski definition) is 11. The second-order valence-electron chi connectivity index (χ2n) is 18.7. The molecule has 4 atom stereocenters.